The Labute approximate surface area is 112 Å². The summed E-state index contributed by atoms with van der Waals surface area (Å²) < 4.78 is 10.2. The summed E-state index contributed by atoms with van der Waals surface area (Å²) in [6.07, 6.45) is 0.467. The molecule has 0 amide bonds. The molecule has 0 radical (unpaired) electrons. The van der Waals surface area contributed by atoms with E-state index in [2.05, 4.69) is 0 Å². The second kappa shape index (κ2) is 5.43. The highest BCUT2D eigenvalue weighted by Gasteiger charge is 2.66. The summed E-state index contributed by atoms with van der Waals surface area (Å²) >= 11 is 0. The van der Waals surface area contributed by atoms with Gasteiger partial charge in [0.15, 0.2) is 0 Å². The first-order valence-electron chi connectivity index (χ1n) is 6.56. The molecule has 1 fully saturated rings. The standard InChI is InChI=1S/C15H18O4/c1-3-18-13(16)12-10-15(12,14(17)19-4-2)11-8-6-5-7-9-11/h5-9,12H,3-4,10H2,1-2H3/t12-,15+/m0/s1. The lowest BCUT2D eigenvalue weighted by Gasteiger charge is -2.16. The Bertz CT molecular complexity index is 468. The van der Waals surface area contributed by atoms with Gasteiger partial charge in [0.2, 0.25) is 0 Å². The number of benzene rings is 1. The lowest BCUT2D eigenvalue weighted by molar-refractivity contribution is -0.152. The molecular formula is C15H18O4. The van der Waals surface area contributed by atoms with Gasteiger partial charge in [-0.25, -0.2) is 0 Å². The minimum Gasteiger partial charge on any atom is -0.466 e. The first-order chi connectivity index (χ1) is 9.16. The van der Waals surface area contributed by atoms with Crippen LogP contribution in [0, 0.1) is 5.92 Å². The van der Waals surface area contributed by atoms with Gasteiger partial charge in [0.05, 0.1) is 19.1 Å². The summed E-state index contributed by atoms with van der Waals surface area (Å²) in [5.41, 5.74) is -0.0183. The van der Waals surface area contributed by atoms with Gasteiger partial charge in [-0.1, -0.05) is 30.3 Å². The number of hydrogen-bond donors (Lipinski definition) is 0. The van der Waals surface area contributed by atoms with Crippen LogP contribution in [0.2, 0.25) is 0 Å². The van der Waals surface area contributed by atoms with Crippen molar-refractivity contribution in [3.8, 4) is 0 Å². The van der Waals surface area contributed by atoms with Crippen LogP contribution < -0.4 is 0 Å². The zero-order valence-electron chi connectivity index (χ0n) is 11.2. The van der Waals surface area contributed by atoms with Crippen LogP contribution in [0.3, 0.4) is 0 Å². The van der Waals surface area contributed by atoms with E-state index in [1.54, 1.807) is 13.8 Å². The first kappa shape index (κ1) is 13.6. The molecule has 0 saturated heterocycles. The predicted octanol–water partition coefficient (Wildman–Crippen LogP) is 2.07. The van der Waals surface area contributed by atoms with Gasteiger partial charge < -0.3 is 9.47 Å². The van der Waals surface area contributed by atoms with Gasteiger partial charge >= 0.3 is 11.9 Å². The zero-order valence-corrected chi connectivity index (χ0v) is 11.2. The quantitative estimate of drug-likeness (QED) is 0.762. The van der Waals surface area contributed by atoms with Crippen LogP contribution in [0.1, 0.15) is 25.8 Å². The Hall–Kier alpha value is -1.84. The van der Waals surface area contributed by atoms with Crippen molar-refractivity contribution in [2.75, 3.05) is 13.2 Å². The normalized spacial score (nSPS) is 24.6. The predicted molar refractivity (Wildman–Crippen MR) is 69.5 cm³/mol. The molecule has 1 aliphatic carbocycles. The van der Waals surface area contributed by atoms with Crippen LogP contribution in [0.15, 0.2) is 30.3 Å². The lowest BCUT2D eigenvalue weighted by atomic mass is 9.93. The monoisotopic (exact) mass is 262 g/mol. The molecular weight excluding hydrogens is 244 g/mol. The summed E-state index contributed by atoms with van der Waals surface area (Å²) in [4.78, 5) is 24.1. The third-order valence-electron chi connectivity index (χ3n) is 3.46. The van der Waals surface area contributed by atoms with Crippen LogP contribution in [0.5, 0.6) is 0 Å². The maximum Gasteiger partial charge on any atom is 0.317 e. The SMILES string of the molecule is CCOC(=O)[C@@H]1C[C@@]1(C(=O)OCC)c1ccccc1. The molecule has 1 aromatic carbocycles. The second-order valence-corrected chi connectivity index (χ2v) is 4.57. The fourth-order valence-corrected chi connectivity index (χ4v) is 2.45. The molecule has 0 N–H and O–H groups in total. The van der Waals surface area contributed by atoms with E-state index in [1.165, 1.54) is 0 Å². The maximum atomic E-state index is 12.2. The van der Waals surface area contributed by atoms with Gasteiger partial charge in [0, 0.05) is 0 Å². The summed E-state index contributed by atoms with van der Waals surface area (Å²) in [7, 11) is 0. The minimum atomic E-state index is -0.844. The van der Waals surface area contributed by atoms with Crippen molar-refractivity contribution in [2.24, 2.45) is 5.92 Å². The van der Waals surface area contributed by atoms with E-state index in [1.807, 2.05) is 30.3 Å². The molecule has 102 valence electrons. The lowest BCUT2D eigenvalue weighted by Crippen LogP contribution is -2.28. The molecule has 4 heteroatoms. The van der Waals surface area contributed by atoms with Gasteiger partial charge in [0.1, 0.15) is 5.41 Å². The summed E-state index contributed by atoms with van der Waals surface area (Å²) in [6, 6.07) is 9.31. The molecule has 0 heterocycles. The van der Waals surface area contributed by atoms with E-state index in [0.717, 1.165) is 5.56 Å². The third-order valence-corrected chi connectivity index (χ3v) is 3.46. The Kier molecular flexibility index (Phi) is 3.88. The van der Waals surface area contributed by atoms with Gasteiger partial charge in [0.25, 0.3) is 0 Å². The average Bonchev–Trinajstić information content (AvgIpc) is 3.17. The number of esters is 2. The highest BCUT2D eigenvalue weighted by molar-refractivity contribution is 5.96. The molecule has 1 saturated carbocycles. The van der Waals surface area contributed by atoms with E-state index < -0.39 is 11.3 Å². The van der Waals surface area contributed by atoms with Crippen molar-refractivity contribution < 1.29 is 19.1 Å². The molecule has 2 atom stereocenters. The van der Waals surface area contributed by atoms with Crippen molar-refractivity contribution in [3.05, 3.63) is 35.9 Å². The fourth-order valence-electron chi connectivity index (χ4n) is 2.45. The largest absolute Gasteiger partial charge is 0.466 e. The molecule has 0 bridgehead atoms. The fraction of sp³-hybridized carbons (Fsp3) is 0.467. The molecule has 0 unspecified atom stereocenters. The highest BCUT2D eigenvalue weighted by Crippen LogP contribution is 2.55. The zero-order chi connectivity index (χ0) is 13.9. The van der Waals surface area contributed by atoms with Gasteiger partial charge in [-0.3, -0.25) is 9.59 Å². The smallest absolute Gasteiger partial charge is 0.317 e. The highest BCUT2D eigenvalue weighted by atomic mass is 16.5. The number of rotatable bonds is 5. The number of hydrogen-bond acceptors (Lipinski definition) is 4. The first-order valence-corrected chi connectivity index (χ1v) is 6.56. The molecule has 0 aromatic heterocycles. The van der Waals surface area contributed by atoms with Crippen molar-refractivity contribution in [2.45, 2.75) is 25.7 Å². The van der Waals surface area contributed by atoms with Crippen molar-refractivity contribution in [1.29, 1.82) is 0 Å². The van der Waals surface area contributed by atoms with Crippen LogP contribution in [0.25, 0.3) is 0 Å². The van der Waals surface area contributed by atoms with Crippen molar-refractivity contribution >= 4 is 11.9 Å². The Morgan fingerprint density at radius 1 is 1.16 bits per heavy atom. The number of carbonyl (C=O) groups excluding carboxylic acids is 2. The molecule has 2 rings (SSSR count). The van der Waals surface area contributed by atoms with Crippen molar-refractivity contribution in [3.63, 3.8) is 0 Å². The van der Waals surface area contributed by atoms with Crippen molar-refractivity contribution in [1.82, 2.24) is 0 Å². The van der Waals surface area contributed by atoms with E-state index in [-0.39, 0.29) is 11.9 Å². The molecule has 19 heavy (non-hydrogen) atoms. The summed E-state index contributed by atoms with van der Waals surface area (Å²) in [6.45, 7) is 4.15. The van der Waals surface area contributed by atoms with Gasteiger partial charge in [-0.05, 0) is 25.8 Å². The van der Waals surface area contributed by atoms with Gasteiger partial charge in [-0.15, -0.1) is 0 Å². The number of carbonyl (C=O) groups is 2. The van der Waals surface area contributed by atoms with Crippen LogP contribution >= 0.6 is 0 Å². The molecule has 0 aliphatic heterocycles. The summed E-state index contributed by atoms with van der Waals surface area (Å²) in [5.74, 6) is -1.08. The molecule has 1 aliphatic rings. The van der Waals surface area contributed by atoms with Crippen LogP contribution in [0.4, 0.5) is 0 Å². The molecule has 1 aromatic rings. The molecule has 4 nitrogen and oxygen atoms in total. The van der Waals surface area contributed by atoms with E-state index in [0.29, 0.717) is 19.6 Å². The van der Waals surface area contributed by atoms with Gasteiger partial charge in [-0.2, -0.15) is 0 Å². The third kappa shape index (κ3) is 2.35. The van der Waals surface area contributed by atoms with Crippen LogP contribution in [-0.2, 0) is 24.5 Å². The maximum absolute atomic E-state index is 12.2. The topological polar surface area (TPSA) is 52.6 Å². The Morgan fingerprint density at radius 2 is 1.79 bits per heavy atom. The minimum absolute atomic E-state index is 0.308. The van der Waals surface area contributed by atoms with E-state index in [9.17, 15) is 9.59 Å². The van der Waals surface area contributed by atoms with Crippen LogP contribution in [-0.4, -0.2) is 25.2 Å². The average molecular weight is 262 g/mol. The second-order valence-electron chi connectivity index (χ2n) is 4.57. The van der Waals surface area contributed by atoms with E-state index >= 15 is 0 Å². The molecule has 0 spiro atoms. The van der Waals surface area contributed by atoms with E-state index in [4.69, 9.17) is 9.47 Å². The Morgan fingerprint density at radius 3 is 2.37 bits per heavy atom. The summed E-state index contributed by atoms with van der Waals surface area (Å²) in [5, 5.41) is 0. The number of ether oxygens (including phenoxy) is 2. The Balaban J connectivity index is 2.28.